The number of piperidine rings is 1. The molecule has 2 N–H and O–H groups in total. The van der Waals surface area contributed by atoms with Gasteiger partial charge >= 0.3 is 5.97 Å². The second-order valence-electron chi connectivity index (χ2n) is 7.14. The fourth-order valence-corrected chi connectivity index (χ4v) is 5.29. The largest absolute Gasteiger partial charge is 0.480 e. The number of carboxylic acids is 1. The third-order valence-electron chi connectivity index (χ3n) is 5.43. The maximum atomic E-state index is 12.9. The van der Waals surface area contributed by atoms with E-state index in [-0.39, 0.29) is 4.90 Å². The van der Waals surface area contributed by atoms with E-state index in [9.17, 15) is 23.1 Å². The molecule has 7 nitrogen and oxygen atoms in total. The van der Waals surface area contributed by atoms with Crippen molar-refractivity contribution in [3.63, 3.8) is 0 Å². The summed E-state index contributed by atoms with van der Waals surface area (Å²) in [5, 5.41) is 12.0. The summed E-state index contributed by atoms with van der Waals surface area (Å²) in [7, 11) is -3.63. The van der Waals surface area contributed by atoms with Crippen LogP contribution >= 0.6 is 0 Å². The van der Waals surface area contributed by atoms with Gasteiger partial charge in [0.2, 0.25) is 15.9 Å². The highest BCUT2D eigenvalue weighted by Gasteiger charge is 2.51. The molecule has 1 amide bonds. The van der Waals surface area contributed by atoms with Crippen molar-refractivity contribution in [2.24, 2.45) is 5.41 Å². The zero-order valence-corrected chi connectivity index (χ0v) is 15.6. The molecule has 26 heavy (non-hydrogen) atoms. The van der Waals surface area contributed by atoms with E-state index in [1.807, 2.05) is 0 Å². The lowest BCUT2D eigenvalue weighted by atomic mass is 9.68. The Bertz CT molecular complexity index is 824. The summed E-state index contributed by atoms with van der Waals surface area (Å²) in [6, 6.07) is 4.68. The number of carbonyl (C=O) groups is 2. The Morgan fingerprint density at radius 2 is 1.77 bits per heavy atom. The fourth-order valence-electron chi connectivity index (χ4n) is 3.52. The van der Waals surface area contributed by atoms with Crippen molar-refractivity contribution in [1.29, 1.82) is 0 Å². The van der Waals surface area contributed by atoms with Gasteiger partial charge in [0, 0.05) is 18.8 Å². The number of anilines is 1. The molecule has 0 atom stereocenters. The van der Waals surface area contributed by atoms with Crippen molar-refractivity contribution in [2.45, 2.75) is 50.3 Å². The predicted molar refractivity (Wildman–Crippen MR) is 96.3 cm³/mol. The normalized spacial score (nSPS) is 20.2. The molecule has 3 rings (SSSR count). The summed E-state index contributed by atoms with van der Waals surface area (Å²) < 4.78 is 27.4. The zero-order chi connectivity index (χ0) is 18.9. The quantitative estimate of drug-likeness (QED) is 0.763. The Morgan fingerprint density at radius 3 is 2.31 bits per heavy atom. The van der Waals surface area contributed by atoms with Crippen LogP contribution in [-0.2, 0) is 19.6 Å². The molecule has 2 fully saturated rings. The number of hydrogen-bond acceptors (Lipinski definition) is 4. The van der Waals surface area contributed by atoms with Crippen LogP contribution in [0.1, 0.15) is 44.1 Å². The monoisotopic (exact) mass is 380 g/mol. The van der Waals surface area contributed by atoms with Gasteiger partial charge < -0.3 is 10.4 Å². The number of aryl methyl sites for hydroxylation is 1. The Balaban J connectivity index is 1.86. The van der Waals surface area contributed by atoms with Gasteiger partial charge in [-0.3, -0.25) is 9.59 Å². The molecule has 0 spiro atoms. The summed E-state index contributed by atoms with van der Waals surface area (Å²) in [5.74, 6) is -1.71. The topological polar surface area (TPSA) is 104 Å². The van der Waals surface area contributed by atoms with Crippen LogP contribution in [0.5, 0.6) is 0 Å². The van der Waals surface area contributed by atoms with Crippen molar-refractivity contribution in [2.75, 3.05) is 18.4 Å². The number of amides is 1. The number of sulfonamides is 1. The number of carboxylic acid groups (broad SMARTS) is 1. The highest BCUT2D eigenvalue weighted by molar-refractivity contribution is 7.89. The predicted octanol–water partition coefficient (Wildman–Crippen LogP) is 2.36. The van der Waals surface area contributed by atoms with Crippen LogP contribution in [0, 0.1) is 12.3 Å². The van der Waals surface area contributed by atoms with E-state index in [2.05, 4.69) is 5.32 Å². The molecular formula is C18H24N2O5S. The van der Waals surface area contributed by atoms with Gasteiger partial charge in [0.15, 0.2) is 0 Å². The second kappa shape index (κ2) is 7.00. The van der Waals surface area contributed by atoms with Crippen LogP contribution in [-0.4, -0.2) is 42.8 Å². The first kappa shape index (κ1) is 18.8. The van der Waals surface area contributed by atoms with E-state index >= 15 is 0 Å². The van der Waals surface area contributed by atoms with Gasteiger partial charge in [-0.25, -0.2) is 8.42 Å². The number of benzene rings is 1. The van der Waals surface area contributed by atoms with E-state index in [0.29, 0.717) is 43.6 Å². The van der Waals surface area contributed by atoms with Crippen LogP contribution < -0.4 is 5.32 Å². The Kier molecular flexibility index (Phi) is 5.07. The standard InChI is InChI=1S/C18H24N2O5S/c1-13-6-7-14(19-16(21)18(17(22)23)8-5-9-18)12-15(13)26(24,25)20-10-3-2-4-11-20/h6-7,12H,2-5,8-11H2,1H3,(H,19,21)(H,22,23). The lowest BCUT2D eigenvalue weighted by Crippen LogP contribution is -2.48. The van der Waals surface area contributed by atoms with Crippen molar-refractivity contribution in [1.82, 2.24) is 4.31 Å². The van der Waals surface area contributed by atoms with Gasteiger partial charge in [-0.1, -0.05) is 18.9 Å². The van der Waals surface area contributed by atoms with E-state index in [1.165, 1.54) is 10.4 Å². The first-order chi connectivity index (χ1) is 12.3. The van der Waals surface area contributed by atoms with Gasteiger partial charge in [0.05, 0.1) is 4.90 Å². The molecule has 1 aliphatic heterocycles. The maximum Gasteiger partial charge on any atom is 0.319 e. The maximum absolute atomic E-state index is 12.9. The number of nitrogens with one attached hydrogen (secondary N) is 1. The molecule has 0 bridgehead atoms. The summed E-state index contributed by atoms with van der Waals surface area (Å²) in [4.78, 5) is 24.1. The molecule has 1 aromatic rings. The third kappa shape index (κ3) is 3.23. The summed E-state index contributed by atoms with van der Waals surface area (Å²) >= 11 is 0. The Labute approximate surface area is 153 Å². The molecule has 0 radical (unpaired) electrons. The minimum Gasteiger partial charge on any atom is -0.480 e. The minimum atomic E-state index is -3.63. The lowest BCUT2D eigenvalue weighted by Gasteiger charge is -2.35. The highest BCUT2D eigenvalue weighted by atomic mass is 32.2. The van der Waals surface area contributed by atoms with Gasteiger partial charge in [0.1, 0.15) is 5.41 Å². The number of carbonyl (C=O) groups excluding carboxylic acids is 1. The summed E-state index contributed by atoms with van der Waals surface area (Å²) in [6.45, 7) is 2.72. The zero-order valence-electron chi connectivity index (χ0n) is 14.8. The smallest absolute Gasteiger partial charge is 0.319 e. The molecule has 1 heterocycles. The molecular weight excluding hydrogens is 356 g/mol. The Morgan fingerprint density at radius 1 is 1.12 bits per heavy atom. The second-order valence-corrected chi connectivity index (χ2v) is 9.05. The number of rotatable bonds is 5. The van der Waals surface area contributed by atoms with Gasteiger partial charge in [-0.2, -0.15) is 4.31 Å². The number of hydrogen-bond donors (Lipinski definition) is 2. The van der Waals surface area contributed by atoms with Crippen molar-refractivity contribution < 1.29 is 23.1 Å². The molecule has 0 aromatic heterocycles. The average Bonchev–Trinajstić information content (AvgIpc) is 2.56. The lowest BCUT2D eigenvalue weighted by molar-refractivity contribution is -0.159. The molecule has 1 saturated heterocycles. The summed E-state index contributed by atoms with van der Waals surface area (Å²) in [6.07, 6.45) is 4.02. The van der Waals surface area contributed by atoms with Crippen molar-refractivity contribution >= 4 is 27.6 Å². The van der Waals surface area contributed by atoms with E-state index in [1.54, 1.807) is 19.1 Å². The van der Waals surface area contributed by atoms with Crippen LogP contribution in [0.25, 0.3) is 0 Å². The molecule has 1 aromatic carbocycles. The SMILES string of the molecule is Cc1ccc(NC(=O)C2(C(=O)O)CCC2)cc1S(=O)(=O)N1CCCCC1. The molecule has 142 valence electrons. The van der Waals surface area contributed by atoms with Crippen molar-refractivity contribution in [3.8, 4) is 0 Å². The van der Waals surface area contributed by atoms with Crippen LogP contribution in [0.3, 0.4) is 0 Å². The Hall–Kier alpha value is -1.93. The van der Waals surface area contributed by atoms with Gasteiger partial charge in [-0.15, -0.1) is 0 Å². The van der Waals surface area contributed by atoms with E-state index < -0.39 is 27.3 Å². The molecule has 1 aliphatic carbocycles. The fraction of sp³-hybridized carbons (Fsp3) is 0.556. The van der Waals surface area contributed by atoms with Crippen molar-refractivity contribution in [3.05, 3.63) is 23.8 Å². The molecule has 2 aliphatic rings. The molecule has 1 saturated carbocycles. The number of nitrogens with zero attached hydrogens (tertiary/aromatic N) is 1. The van der Waals surface area contributed by atoms with Gasteiger partial charge in [-0.05, 0) is 50.3 Å². The first-order valence-corrected chi connectivity index (χ1v) is 10.4. The minimum absolute atomic E-state index is 0.162. The van der Waals surface area contributed by atoms with Crippen LogP contribution in [0.2, 0.25) is 0 Å². The molecule has 8 heteroatoms. The number of aliphatic carboxylic acids is 1. The molecule has 0 unspecified atom stereocenters. The van der Waals surface area contributed by atoms with Crippen LogP contribution in [0.15, 0.2) is 23.1 Å². The average molecular weight is 380 g/mol. The van der Waals surface area contributed by atoms with Gasteiger partial charge in [0.25, 0.3) is 0 Å². The van der Waals surface area contributed by atoms with Crippen LogP contribution in [0.4, 0.5) is 5.69 Å². The summed E-state index contributed by atoms with van der Waals surface area (Å²) in [5.41, 5.74) is -0.481. The highest BCUT2D eigenvalue weighted by Crippen LogP contribution is 2.42. The van der Waals surface area contributed by atoms with E-state index in [4.69, 9.17) is 0 Å². The first-order valence-electron chi connectivity index (χ1n) is 8.93. The van der Waals surface area contributed by atoms with E-state index in [0.717, 1.165) is 19.3 Å². The third-order valence-corrected chi connectivity index (χ3v) is 7.47.